The van der Waals surface area contributed by atoms with Gasteiger partial charge in [0.2, 0.25) is 5.91 Å². The lowest BCUT2D eigenvalue weighted by molar-refractivity contribution is -0.119. The van der Waals surface area contributed by atoms with Crippen molar-refractivity contribution in [3.8, 4) is 17.3 Å². The maximum Gasteiger partial charge on any atom is 0.267 e. The molecule has 3 aromatic rings. The minimum atomic E-state index is -0.832. The molecule has 9 heteroatoms. The van der Waals surface area contributed by atoms with Gasteiger partial charge in [0.05, 0.1) is 14.2 Å². The van der Waals surface area contributed by atoms with E-state index in [2.05, 4.69) is 15.5 Å². The zero-order valence-electron chi connectivity index (χ0n) is 15.1. The summed E-state index contributed by atoms with van der Waals surface area (Å²) in [4.78, 5) is 24.8. The molecule has 1 atom stereocenters. The van der Waals surface area contributed by atoms with Crippen molar-refractivity contribution >= 4 is 11.6 Å². The third-order valence-corrected chi connectivity index (χ3v) is 3.95. The van der Waals surface area contributed by atoms with Gasteiger partial charge in [-0.3, -0.25) is 9.59 Å². The molecule has 1 aromatic carbocycles. The molecular weight excluding hydrogens is 350 g/mol. The molecule has 0 aliphatic rings. The molecule has 9 nitrogen and oxygen atoms in total. The van der Waals surface area contributed by atoms with Gasteiger partial charge in [0.15, 0.2) is 17.3 Å². The molecule has 0 bridgehead atoms. The Morgan fingerprint density at radius 1 is 1.15 bits per heavy atom. The van der Waals surface area contributed by atoms with Crippen LogP contribution in [0.3, 0.4) is 0 Å². The van der Waals surface area contributed by atoms with Crippen molar-refractivity contribution in [2.45, 2.75) is 13.0 Å². The number of nitrogens with zero attached hydrogens (tertiary/aromatic N) is 4. The van der Waals surface area contributed by atoms with Crippen LogP contribution >= 0.6 is 0 Å². The highest BCUT2D eigenvalue weighted by molar-refractivity contribution is 5.93. The zero-order chi connectivity index (χ0) is 19.4. The maximum atomic E-state index is 12.6. The first-order valence-electron chi connectivity index (χ1n) is 8.16. The fourth-order valence-electron chi connectivity index (χ4n) is 2.49. The van der Waals surface area contributed by atoms with Crippen LogP contribution < -0.4 is 20.3 Å². The van der Waals surface area contributed by atoms with E-state index in [0.29, 0.717) is 23.0 Å². The number of hydrogen-bond acceptors (Lipinski definition) is 6. The molecule has 140 valence electrons. The molecule has 0 spiro atoms. The molecule has 27 heavy (non-hydrogen) atoms. The number of amides is 1. The standard InChI is InChI=1S/C18H19N5O4/c1-12(18(25)20-13-5-6-14(26-2)15(11-13)27-3)23-17(24)8-7-16(21-23)22-10-4-9-19-22/h4-12H,1-3H3,(H,20,25). The van der Waals surface area contributed by atoms with Crippen molar-refractivity contribution < 1.29 is 14.3 Å². The quantitative estimate of drug-likeness (QED) is 0.709. The van der Waals surface area contributed by atoms with Crippen LogP contribution in [-0.4, -0.2) is 39.7 Å². The van der Waals surface area contributed by atoms with E-state index in [0.717, 1.165) is 4.68 Å². The number of carbonyl (C=O) groups excluding carboxylic acids is 1. The second kappa shape index (κ2) is 7.73. The van der Waals surface area contributed by atoms with Crippen molar-refractivity contribution in [3.63, 3.8) is 0 Å². The molecule has 0 saturated carbocycles. The van der Waals surface area contributed by atoms with Gasteiger partial charge in [-0.1, -0.05) is 0 Å². The second-order valence-corrected chi connectivity index (χ2v) is 5.66. The van der Waals surface area contributed by atoms with Gasteiger partial charge in [-0.25, -0.2) is 9.36 Å². The topological polar surface area (TPSA) is 100 Å². The molecule has 0 fully saturated rings. The van der Waals surface area contributed by atoms with Gasteiger partial charge in [-0.2, -0.15) is 5.10 Å². The highest BCUT2D eigenvalue weighted by atomic mass is 16.5. The Morgan fingerprint density at radius 3 is 2.59 bits per heavy atom. The lowest BCUT2D eigenvalue weighted by Crippen LogP contribution is -2.33. The number of rotatable bonds is 6. The first kappa shape index (κ1) is 18.2. The number of methoxy groups -OCH3 is 2. The largest absolute Gasteiger partial charge is 0.493 e. The van der Waals surface area contributed by atoms with Gasteiger partial charge >= 0.3 is 0 Å². The first-order valence-corrected chi connectivity index (χ1v) is 8.16. The van der Waals surface area contributed by atoms with E-state index < -0.39 is 11.9 Å². The van der Waals surface area contributed by atoms with Crippen LogP contribution in [0.25, 0.3) is 5.82 Å². The summed E-state index contributed by atoms with van der Waals surface area (Å²) in [6.07, 6.45) is 3.30. The number of hydrogen-bond donors (Lipinski definition) is 1. The summed E-state index contributed by atoms with van der Waals surface area (Å²) in [5.74, 6) is 1.08. The molecule has 2 heterocycles. The average molecular weight is 369 g/mol. The van der Waals surface area contributed by atoms with Crippen molar-refractivity contribution in [3.05, 3.63) is 59.1 Å². The molecule has 0 saturated heterocycles. The first-order chi connectivity index (χ1) is 13.0. The Balaban J connectivity index is 1.83. The van der Waals surface area contributed by atoms with Crippen molar-refractivity contribution in [2.75, 3.05) is 19.5 Å². The summed E-state index contributed by atoms with van der Waals surface area (Å²) in [6.45, 7) is 1.59. The number of ether oxygens (including phenoxy) is 2. The van der Waals surface area contributed by atoms with E-state index in [9.17, 15) is 9.59 Å². The van der Waals surface area contributed by atoms with Gasteiger partial charge in [-0.05, 0) is 31.2 Å². The minimum absolute atomic E-state index is 0.388. The number of nitrogens with one attached hydrogen (secondary N) is 1. The van der Waals surface area contributed by atoms with Crippen LogP contribution in [0.1, 0.15) is 13.0 Å². The van der Waals surface area contributed by atoms with Crippen LogP contribution in [0.15, 0.2) is 53.6 Å². The van der Waals surface area contributed by atoms with Gasteiger partial charge < -0.3 is 14.8 Å². The lowest BCUT2D eigenvalue weighted by Gasteiger charge is -2.16. The van der Waals surface area contributed by atoms with Crippen LogP contribution in [0.5, 0.6) is 11.5 Å². The van der Waals surface area contributed by atoms with Crippen molar-refractivity contribution in [2.24, 2.45) is 0 Å². The summed E-state index contributed by atoms with van der Waals surface area (Å²) < 4.78 is 13.0. The molecule has 2 aromatic heterocycles. The number of carbonyl (C=O) groups is 1. The highest BCUT2D eigenvalue weighted by Gasteiger charge is 2.19. The van der Waals surface area contributed by atoms with Gasteiger partial charge in [0.1, 0.15) is 6.04 Å². The zero-order valence-corrected chi connectivity index (χ0v) is 15.1. The second-order valence-electron chi connectivity index (χ2n) is 5.66. The average Bonchev–Trinajstić information content (AvgIpc) is 3.22. The van der Waals surface area contributed by atoms with E-state index in [1.54, 1.807) is 49.6 Å². The van der Waals surface area contributed by atoms with Gasteiger partial charge in [-0.15, -0.1) is 5.10 Å². The monoisotopic (exact) mass is 369 g/mol. The molecule has 1 amide bonds. The fraction of sp³-hybridized carbons (Fsp3) is 0.222. The number of aromatic nitrogens is 4. The normalized spacial score (nSPS) is 11.7. The number of benzene rings is 1. The Kier molecular flexibility index (Phi) is 5.20. The van der Waals surface area contributed by atoms with Crippen LogP contribution in [-0.2, 0) is 4.79 Å². The van der Waals surface area contributed by atoms with E-state index in [1.807, 2.05) is 0 Å². The third-order valence-electron chi connectivity index (χ3n) is 3.95. The number of anilines is 1. The summed E-state index contributed by atoms with van der Waals surface area (Å²) >= 11 is 0. The van der Waals surface area contributed by atoms with E-state index in [-0.39, 0.29) is 5.56 Å². The van der Waals surface area contributed by atoms with Crippen LogP contribution in [0.2, 0.25) is 0 Å². The molecular formula is C18H19N5O4. The Morgan fingerprint density at radius 2 is 1.93 bits per heavy atom. The van der Waals surface area contributed by atoms with Gasteiger partial charge in [0, 0.05) is 30.2 Å². The van der Waals surface area contributed by atoms with Crippen molar-refractivity contribution in [1.29, 1.82) is 0 Å². The summed E-state index contributed by atoms with van der Waals surface area (Å²) in [5, 5.41) is 11.1. The maximum absolute atomic E-state index is 12.6. The van der Waals surface area contributed by atoms with E-state index >= 15 is 0 Å². The van der Waals surface area contributed by atoms with Gasteiger partial charge in [0.25, 0.3) is 5.56 Å². The Bertz CT molecular complexity index is 997. The molecule has 1 unspecified atom stereocenters. The molecule has 1 N–H and O–H groups in total. The lowest BCUT2D eigenvalue weighted by atomic mass is 10.2. The van der Waals surface area contributed by atoms with Crippen molar-refractivity contribution in [1.82, 2.24) is 19.6 Å². The Hall–Kier alpha value is -3.62. The van der Waals surface area contributed by atoms with E-state index in [1.165, 1.54) is 25.0 Å². The SMILES string of the molecule is COc1ccc(NC(=O)C(C)n2nc(-n3cccn3)ccc2=O)cc1OC. The van der Waals surface area contributed by atoms with E-state index in [4.69, 9.17) is 9.47 Å². The molecule has 0 aliphatic carbocycles. The predicted molar refractivity (Wildman–Crippen MR) is 98.5 cm³/mol. The summed E-state index contributed by atoms with van der Waals surface area (Å²) in [5.41, 5.74) is 0.127. The summed E-state index contributed by atoms with van der Waals surface area (Å²) in [7, 11) is 3.04. The molecule has 0 radical (unpaired) electrons. The molecule has 3 rings (SSSR count). The van der Waals surface area contributed by atoms with Crippen LogP contribution in [0.4, 0.5) is 5.69 Å². The molecule has 0 aliphatic heterocycles. The Labute approximate surface area is 155 Å². The minimum Gasteiger partial charge on any atom is -0.493 e. The predicted octanol–water partition coefficient (Wildman–Crippen LogP) is 1.65. The fourth-order valence-corrected chi connectivity index (χ4v) is 2.49. The smallest absolute Gasteiger partial charge is 0.267 e. The summed E-state index contributed by atoms with van der Waals surface area (Å²) in [6, 6.07) is 8.81. The highest BCUT2D eigenvalue weighted by Crippen LogP contribution is 2.29. The third kappa shape index (κ3) is 3.81. The van der Waals surface area contributed by atoms with Crippen LogP contribution in [0, 0.1) is 0 Å².